The average molecular weight is 437 g/mol. The molecular weight excluding hydrogens is 420 g/mol. The normalized spacial score (nSPS) is 38.7. The molecule has 0 spiro atoms. The molecule has 1 saturated carbocycles. The Kier molecular flexibility index (Phi) is 5.58. The second-order valence-electron chi connectivity index (χ2n) is 4.41. The molecule has 0 saturated heterocycles. The fourth-order valence-corrected chi connectivity index (χ4v) is 5.28. The molecule has 1 aliphatic carbocycles. The topological polar surface area (TPSA) is 63.3 Å². The van der Waals surface area contributed by atoms with Gasteiger partial charge in [0.2, 0.25) is 0 Å². The van der Waals surface area contributed by atoms with Crippen LogP contribution in [-0.2, 0) is 4.79 Å². The first-order valence-corrected chi connectivity index (χ1v) is 7.67. The molecule has 88 valence electrons. The van der Waals surface area contributed by atoms with Gasteiger partial charge >= 0.3 is 5.97 Å². The summed E-state index contributed by atoms with van der Waals surface area (Å²) in [5.74, 6) is 0.336. The van der Waals surface area contributed by atoms with Crippen molar-refractivity contribution in [3.8, 4) is 0 Å². The fourth-order valence-electron chi connectivity index (χ4n) is 2.04. The molecule has 1 aliphatic rings. The lowest BCUT2D eigenvalue weighted by atomic mass is 9.80. The summed E-state index contributed by atoms with van der Waals surface area (Å²) in [6.07, 6.45) is 2.85. The standard InChI is InChI=1S/C10H17I2NO2/c1-5-7(11)2-6(3-8(5)12)4-9(13)10(14)15/h5-9H,2-4,13H2,1H3,(H,14,15). The van der Waals surface area contributed by atoms with Gasteiger partial charge in [-0.3, -0.25) is 4.79 Å². The second kappa shape index (κ2) is 6.00. The second-order valence-corrected chi connectivity index (χ2v) is 7.61. The van der Waals surface area contributed by atoms with E-state index in [-0.39, 0.29) is 0 Å². The van der Waals surface area contributed by atoms with Crippen molar-refractivity contribution in [2.75, 3.05) is 0 Å². The number of rotatable bonds is 3. The van der Waals surface area contributed by atoms with Crippen molar-refractivity contribution in [2.45, 2.75) is 40.1 Å². The zero-order valence-corrected chi connectivity index (χ0v) is 13.0. The summed E-state index contributed by atoms with van der Waals surface area (Å²) in [5.41, 5.74) is 5.57. The van der Waals surface area contributed by atoms with Crippen LogP contribution in [0.1, 0.15) is 26.2 Å². The third-order valence-electron chi connectivity index (χ3n) is 3.16. The van der Waals surface area contributed by atoms with E-state index in [9.17, 15) is 4.79 Å². The summed E-state index contributed by atoms with van der Waals surface area (Å²) in [4.78, 5) is 10.7. The first-order chi connectivity index (χ1) is 6.91. The van der Waals surface area contributed by atoms with Gasteiger partial charge < -0.3 is 10.8 Å². The van der Waals surface area contributed by atoms with Crippen LogP contribution < -0.4 is 5.73 Å². The highest BCUT2D eigenvalue weighted by atomic mass is 127. The van der Waals surface area contributed by atoms with Gasteiger partial charge in [0.1, 0.15) is 6.04 Å². The number of carbonyl (C=O) groups is 1. The molecule has 5 heteroatoms. The molecule has 0 amide bonds. The summed E-state index contributed by atoms with van der Waals surface area (Å²) in [5, 5.41) is 8.77. The molecule has 3 unspecified atom stereocenters. The molecule has 1 fully saturated rings. The van der Waals surface area contributed by atoms with Crippen LogP contribution in [0.4, 0.5) is 0 Å². The van der Waals surface area contributed by atoms with Crippen molar-refractivity contribution in [1.82, 2.24) is 0 Å². The highest BCUT2D eigenvalue weighted by Gasteiger charge is 2.33. The smallest absolute Gasteiger partial charge is 0.320 e. The van der Waals surface area contributed by atoms with Crippen molar-refractivity contribution in [3.05, 3.63) is 0 Å². The predicted molar refractivity (Wildman–Crippen MR) is 77.7 cm³/mol. The highest BCUT2D eigenvalue weighted by Crippen LogP contribution is 2.39. The number of alkyl halides is 2. The number of carboxylic acid groups (broad SMARTS) is 1. The minimum absolute atomic E-state index is 0.482. The van der Waals surface area contributed by atoms with Gasteiger partial charge in [-0.25, -0.2) is 0 Å². The van der Waals surface area contributed by atoms with Crippen LogP contribution >= 0.6 is 45.2 Å². The highest BCUT2D eigenvalue weighted by molar-refractivity contribution is 14.1. The van der Waals surface area contributed by atoms with Crippen molar-refractivity contribution in [2.24, 2.45) is 17.6 Å². The molecule has 3 nitrogen and oxygen atoms in total. The van der Waals surface area contributed by atoms with Gasteiger partial charge in [-0.2, -0.15) is 0 Å². The molecule has 0 heterocycles. The Hall–Kier alpha value is 0.890. The molecular formula is C10H17I2NO2. The zero-order chi connectivity index (χ0) is 11.6. The Bertz CT molecular complexity index is 225. The summed E-state index contributed by atoms with van der Waals surface area (Å²) in [6.45, 7) is 2.28. The van der Waals surface area contributed by atoms with E-state index in [0.29, 0.717) is 20.2 Å². The quantitative estimate of drug-likeness (QED) is 0.527. The lowest BCUT2D eigenvalue weighted by molar-refractivity contribution is -0.139. The van der Waals surface area contributed by atoms with Crippen molar-refractivity contribution >= 4 is 51.2 Å². The van der Waals surface area contributed by atoms with Crippen LogP contribution in [0.25, 0.3) is 0 Å². The van der Waals surface area contributed by atoms with Crippen LogP contribution in [0.2, 0.25) is 0 Å². The summed E-state index contributed by atoms with van der Waals surface area (Å²) >= 11 is 4.97. The number of halogens is 2. The number of aliphatic carboxylic acids is 1. The molecule has 15 heavy (non-hydrogen) atoms. The van der Waals surface area contributed by atoms with E-state index >= 15 is 0 Å². The number of hydrogen-bond donors (Lipinski definition) is 2. The maximum absolute atomic E-state index is 10.7. The van der Waals surface area contributed by atoms with Gasteiger partial charge in [0.25, 0.3) is 0 Å². The van der Waals surface area contributed by atoms with Gasteiger partial charge in [-0.15, -0.1) is 0 Å². The van der Waals surface area contributed by atoms with Gasteiger partial charge in [0, 0.05) is 7.85 Å². The van der Waals surface area contributed by atoms with Crippen LogP contribution in [0.5, 0.6) is 0 Å². The molecule has 0 aromatic heterocycles. The Labute approximate surface area is 118 Å². The van der Waals surface area contributed by atoms with E-state index in [0.717, 1.165) is 18.8 Å². The van der Waals surface area contributed by atoms with E-state index < -0.39 is 12.0 Å². The van der Waals surface area contributed by atoms with E-state index in [4.69, 9.17) is 10.8 Å². The SMILES string of the molecule is CC1C(I)CC(CC(N)C(=O)O)CC1I. The van der Waals surface area contributed by atoms with E-state index in [1.807, 2.05) is 0 Å². The largest absolute Gasteiger partial charge is 0.480 e. The maximum Gasteiger partial charge on any atom is 0.320 e. The van der Waals surface area contributed by atoms with Crippen molar-refractivity contribution < 1.29 is 9.90 Å². The summed E-state index contributed by atoms with van der Waals surface area (Å²) in [6, 6.07) is -0.685. The Morgan fingerprint density at radius 3 is 2.33 bits per heavy atom. The van der Waals surface area contributed by atoms with Gasteiger partial charge in [-0.1, -0.05) is 52.1 Å². The first kappa shape index (κ1) is 14.0. The minimum Gasteiger partial charge on any atom is -0.480 e. The summed E-state index contributed by atoms with van der Waals surface area (Å²) in [7, 11) is 0. The molecule has 3 N–H and O–H groups in total. The first-order valence-electron chi connectivity index (χ1n) is 5.18. The maximum atomic E-state index is 10.7. The number of nitrogens with two attached hydrogens (primary N) is 1. The van der Waals surface area contributed by atoms with Crippen LogP contribution in [-0.4, -0.2) is 25.0 Å². The molecule has 1 rings (SSSR count). The monoisotopic (exact) mass is 437 g/mol. The van der Waals surface area contributed by atoms with Crippen LogP contribution in [0, 0.1) is 11.8 Å². The Morgan fingerprint density at radius 2 is 1.93 bits per heavy atom. The third-order valence-corrected chi connectivity index (χ3v) is 6.45. The molecule has 0 radical (unpaired) electrons. The summed E-state index contributed by atoms with van der Waals surface area (Å²) < 4.78 is 1.31. The Morgan fingerprint density at radius 1 is 1.47 bits per heavy atom. The van der Waals surface area contributed by atoms with Crippen LogP contribution in [0.15, 0.2) is 0 Å². The molecule has 0 aromatic rings. The average Bonchev–Trinajstić information content (AvgIpc) is 2.13. The third kappa shape index (κ3) is 3.99. The molecule has 0 bridgehead atoms. The predicted octanol–water partition coefficient (Wildman–Crippen LogP) is 2.44. The van der Waals surface area contributed by atoms with E-state index in [1.165, 1.54) is 0 Å². The van der Waals surface area contributed by atoms with Gasteiger partial charge in [0.05, 0.1) is 0 Å². The van der Waals surface area contributed by atoms with Crippen LogP contribution in [0.3, 0.4) is 0 Å². The molecule has 0 aromatic carbocycles. The van der Waals surface area contributed by atoms with Crippen molar-refractivity contribution in [1.29, 1.82) is 0 Å². The van der Waals surface area contributed by atoms with Crippen molar-refractivity contribution in [3.63, 3.8) is 0 Å². The lowest BCUT2D eigenvalue weighted by Gasteiger charge is -2.35. The molecule has 3 atom stereocenters. The zero-order valence-electron chi connectivity index (χ0n) is 8.70. The Balaban J connectivity index is 2.48. The molecule has 0 aliphatic heterocycles. The number of hydrogen-bond acceptors (Lipinski definition) is 2. The van der Waals surface area contributed by atoms with E-state index in [2.05, 4.69) is 52.1 Å². The minimum atomic E-state index is -0.872. The van der Waals surface area contributed by atoms with Gasteiger partial charge in [-0.05, 0) is 31.1 Å². The van der Waals surface area contributed by atoms with Gasteiger partial charge in [0.15, 0.2) is 0 Å². The fraction of sp³-hybridized carbons (Fsp3) is 0.900. The lowest BCUT2D eigenvalue weighted by Crippen LogP contribution is -2.37. The number of carboxylic acids is 1. The van der Waals surface area contributed by atoms with E-state index in [1.54, 1.807) is 0 Å².